The lowest BCUT2D eigenvalue weighted by Crippen LogP contribution is -2.21. The topological polar surface area (TPSA) is 63.4 Å². The van der Waals surface area contributed by atoms with E-state index in [1.54, 1.807) is 24.3 Å². The van der Waals surface area contributed by atoms with Gasteiger partial charge in [0.25, 0.3) is 0 Å². The van der Waals surface area contributed by atoms with Crippen molar-refractivity contribution in [3.63, 3.8) is 0 Å². The standard InChI is InChI=1S/C27H33ClN2O3S/c1-30(17-8-18-34(31,32)25-15-13-23(28)14-16-25)20-24-19-29-27(33-24)26(21-9-4-2-5-10-21)22-11-6-3-7-12-22/h2,4-5,9-10,13-16,19,22,26H,3,6-8,11-12,17-18,20H2,1H3/t26-/m1/s1. The van der Waals surface area contributed by atoms with E-state index in [9.17, 15) is 8.42 Å². The number of aromatic nitrogens is 1. The second kappa shape index (κ2) is 11.5. The molecule has 1 atom stereocenters. The van der Waals surface area contributed by atoms with Crippen LogP contribution < -0.4 is 0 Å². The Labute approximate surface area is 208 Å². The van der Waals surface area contributed by atoms with Gasteiger partial charge in [0.15, 0.2) is 9.84 Å². The van der Waals surface area contributed by atoms with Gasteiger partial charge in [-0.1, -0.05) is 61.2 Å². The van der Waals surface area contributed by atoms with Crippen LogP contribution in [0, 0.1) is 5.92 Å². The van der Waals surface area contributed by atoms with Crippen LogP contribution in [0.5, 0.6) is 0 Å². The quantitative estimate of drug-likeness (QED) is 0.325. The van der Waals surface area contributed by atoms with Crippen molar-refractivity contribution in [3.8, 4) is 0 Å². The molecule has 0 unspecified atom stereocenters. The third-order valence-electron chi connectivity index (χ3n) is 6.67. The maximum atomic E-state index is 12.6. The Kier molecular flexibility index (Phi) is 8.46. The lowest BCUT2D eigenvalue weighted by molar-refractivity contribution is 0.267. The Bertz CT molecular complexity index is 1140. The van der Waals surface area contributed by atoms with Crippen molar-refractivity contribution >= 4 is 21.4 Å². The van der Waals surface area contributed by atoms with Crippen LogP contribution >= 0.6 is 11.6 Å². The smallest absolute Gasteiger partial charge is 0.202 e. The molecule has 182 valence electrons. The highest BCUT2D eigenvalue weighted by atomic mass is 35.5. The summed E-state index contributed by atoms with van der Waals surface area (Å²) in [4.78, 5) is 7.08. The average molecular weight is 501 g/mol. The van der Waals surface area contributed by atoms with Crippen molar-refractivity contribution in [2.24, 2.45) is 5.92 Å². The van der Waals surface area contributed by atoms with Gasteiger partial charge in [0.05, 0.1) is 29.3 Å². The number of rotatable bonds is 10. The number of benzene rings is 2. The molecule has 0 amide bonds. The van der Waals surface area contributed by atoms with Crippen molar-refractivity contribution in [1.82, 2.24) is 9.88 Å². The van der Waals surface area contributed by atoms with Gasteiger partial charge in [0, 0.05) is 5.02 Å². The van der Waals surface area contributed by atoms with Crippen LogP contribution in [0.3, 0.4) is 0 Å². The molecule has 0 spiro atoms. The van der Waals surface area contributed by atoms with Crippen molar-refractivity contribution in [2.45, 2.75) is 55.9 Å². The van der Waals surface area contributed by atoms with E-state index in [0.717, 1.165) is 11.7 Å². The van der Waals surface area contributed by atoms with Crippen molar-refractivity contribution in [2.75, 3.05) is 19.3 Å². The molecule has 0 saturated heterocycles. The number of halogens is 1. The maximum absolute atomic E-state index is 12.6. The average Bonchev–Trinajstić information content (AvgIpc) is 3.28. The molecule has 1 aliphatic carbocycles. The van der Waals surface area contributed by atoms with Crippen molar-refractivity contribution < 1.29 is 12.8 Å². The minimum absolute atomic E-state index is 0.0956. The first-order chi connectivity index (χ1) is 16.4. The summed E-state index contributed by atoms with van der Waals surface area (Å²) in [5.41, 5.74) is 1.27. The third kappa shape index (κ3) is 6.49. The number of sulfone groups is 1. The van der Waals surface area contributed by atoms with Crippen LogP contribution in [0.2, 0.25) is 5.02 Å². The van der Waals surface area contributed by atoms with Crippen LogP contribution in [0.25, 0.3) is 0 Å². The van der Waals surface area contributed by atoms with Crippen molar-refractivity contribution in [3.05, 3.63) is 83.0 Å². The summed E-state index contributed by atoms with van der Waals surface area (Å²) in [6, 6.07) is 16.9. The number of hydrogen-bond donors (Lipinski definition) is 0. The molecule has 5 nitrogen and oxygen atoms in total. The fraction of sp³-hybridized carbons (Fsp3) is 0.444. The molecule has 0 N–H and O–H groups in total. The first-order valence-corrected chi connectivity index (χ1v) is 14.1. The molecule has 0 bridgehead atoms. The van der Waals surface area contributed by atoms with E-state index in [-0.39, 0.29) is 11.7 Å². The van der Waals surface area contributed by atoms with E-state index in [1.807, 2.05) is 19.3 Å². The normalized spacial score (nSPS) is 16.1. The predicted octanol–water partition coefficient (Wildman–Crippen LogP) is 6.34. The molecule has 0 radical (unpaired) electrons. The van der Waals surface area contributed by atoms with Crippen LogP contribution in [-0.4, -0.2) is 37.6 Å². The lowest BCUT2D eigenvalue weighted by atomic mass is 9.77. The number of nitrogens with zero attached hydrogens (tertiary/aromatic N) is 2. The highest BCUT2D eigenvalue weighted by molar-refractivity contribution is 7.91. The predicted molar refractivity (Wildman–Crippen MR) is 136 cm³/mol. The van der Waals surface area contributed by atoms with E-state index in [4.69, 9.17) is 16.0 Å². The zero-order valence-electron chi connectivity index (χ0n) is 19.7. The fourth-order valence-corrected chi connectivity index (χ4v) is 6.33. The molecule has 0 aliphatic heterocycles. The Morgan fingerprint density at radius 3 is 2.47 bits per heavy atom. The first-order valence-electron chi connectivity index (χ1n) is 12.1. The van der Waals surface area contributed by atoms with Gasteiger partial charge in [0.2, 0.25) is 5.89 Å². The van der Waals surface area contributed by atoms with E-state index in [1.165, 1.54) is 37.7 Å². The second-order valence-electron chi connectivity index (χ2n) is 9.32. The molecule has 2 aromatic carbocycles. The van der Waals surface area contributed by atoms with Gasteiger partial charge in [0.1, 0.15) is 5.76 Å². The number of oxazole rings is 1. The van der Waals surface area contributed by atoms with Gasteiger partial charge >= 0.3 is 0 Å². The summed E-state index contributed by atoms with van der Waals surface area (Å²) in [6.07, 6.45) is 8.63. The Balaban J connectivity index is 1.36. The Hall–Kier alpha value is -2.15. The van der Waals surface area contributed by atoms with Crippen LogP contribution in [0.4, 0.5) is 0 Å². The highest BCUT2D eigenvalue weighted by Crippen LogP contribution is 2.40. The summed E-state index contributed by atoms with van der Waals surface area (Å²) < 4.78 is 31.4. The molecule has 1 aromatic heterocycles. The Morgan fingerprint density at radius 1 is 1.06 bits per heavy atom. The van der Waals surface area contributed by atoms with Crippen molar-refractivity contribution in [1.29, 1.82) is 0 Å². The largest absolute Gasteiger partial charge is 0.444 e. The molecule has 34 heavy (non-hydrogen) atoms. The fourth-order valence-electron chi connectivity index (χ4n) is 4.91. The van der Waals surface area contributed by atoms with Gasteiger partial charge in [-0.3, -0.25) is 4.90 Å². The monoisotopic (exact) mass is 500 g/mol. The van der Waals surface area contributed by atoms with Gasteiger partial charge < -0.3 is 4.42 Å². The Morgan fingerprint density at radius 2 is 1.76 bits per heavy atom. The molecule has 1 aliphatic rings. The SMILES string of the molecule is CN(CCCS(=O)(=O)c1ccc(Cl)cc1)Cc1cnc([C@H](c2ccccc2)C2CCCCC2)o1. The lowest BCUT2D eigenvalue weighted by Gasteiger charge is -2.28. The number of hydrogen-bond acceptors (Lipinski definition) is 5. The molecule has 3 aromatic rings. The van der Waals surface area contributed by atoms with E-state index >= 15 is 0 Å². The van der Waals surface area contributed by atoms with Crippen LogP contribution in [0.15, 0.2) is 70.1 Å². The minimum atomic E-state index is -3.32. The van der Waals surface area contributed by atoms with E-state index < -0.39 is 9.84 Å². The third-order valence-corrected chi connectivity index (χ3v) is 8.74. The van der Waals surface area contributed by atoms with Gasteiger partial charge in [-0.2, -0.15) is 0 Å². The first kappa shape index (κ1) is 25.0. The molecular weight excluding hydrogens is 468 g/mol. The molecule has 1 saturated carbocycles. The molecule has 4 rings (SSSR count). The van der Waals surface area contributed by atoms with Gasteiger partial charge in [-0.25, -0.2) is 13.4 Å². The summed E-state index contributed by atoms with van der Waals surface area (Å²) in [5, 5.41) is 0.531. The van der Waals surface area contributed by atoms with Crippen LogP contribution in [-0.2, 0) is 16.4 Å². The maximum Gasteiger partial charge on any atom is 0.202 e. The second-order valence-corrected chi connectivity index (χ2v) is 11.9. The molecular formula is C27H33ClN2O3S. The van der Waals surface area contributed by atoms with E-state index in [2.05, 4.69) is 34.1 Å². The molecule has 1 heterocycles. The summed E-state index contributed by atoms with van der Waals surface area (Å²) in [7, 11) is -1.34. The van der Waals surface area contributed by atoms with E-state index in [0.29, 0.717) is 35.3 Å². The summed E-state index contributed by atoms with van der Waals surface area (Å²) in [6.45, 7) is 1.24. The zero-order chi connectivity index (χ0) is 24.0. The summed E-state index contributed by atoms with van der Waals surface area (Å²) in [5.74, 6) is 2.45. The van der Waals surface area contributed by atoms with Crippen LogP contribution in [0.1, 0.15) is 61.7 Å². The summed E-state index contributed by atoms with van der Waals surface area (Å²) >= 11 is 5.87. The van der Waals surface area contributed by atoms with Gasteiger partial charge in [-0.15, -0.1) is 0 Å². The molecule has 7 heteroatoms. The highest BCUT2D eigenvalue weighted by Gasteiger charge is 2.30. The minimum Gasteiger partial charge on any atom is -0.444 e. The zero-order valence-corrected chi connectivity index (χ0v) is 21.3. The molecule has 1 fully saturated rings. The van der Waals surface area contributed by atoms with Gasteiger partial charge in [-0.05, 0) is 68.6 Å².